The Kier molecular flexibility index (Phi) is 9.20. The first-order valence-electron chi connectivity index (χ1n) is 11.4. The van der Waals surface area contributed by atoms with Gasteiger partial charge in [0.1, 0.15) is 19.2 Å². The van der Waals surface area contributed by atoms with Gasteiger partial charge >= 0.3 is 24.0 Å². The molecule has 0 aromatic heterocycles. The molecule has 0 aliphatic heterocycles. The number of amides is 2. The lowest BCUT2D eigenvalue weighted by molar-refractivity contribution is -0.165. The summed E-state index contributed by atoms with van der Waals surface area (Å²) in [6, 6.07) is 14.3. The molecule has 1 aliphatic carbocycles. The number of nitrogens with zero attached hydrogens (tertiary/aromatic N) is 1. The number of benzene rings is 2. The number of alkyl carbamates (subject to hydrolysis) is 1. The van der Waals surface area contributed by atoms with Crippen molar-refractivity contribution in [1.29, 1.82) is 0 Å². The monoisotopic (exact) mass is 512 g/mol. The van der Waals surface area contributed by atoms with Gasteiger partial charge in [-0.05, 0) is 22.3 Å². The van der Waals surface area contributed by atoms with Crippen LogP contribution in [0.15, 0.2) is 48.5 Å². The van der Waals surface area contributed by atoms with Crippen LogP contribution in [0.25, 0.3) is 11.1 Å². The van der Waals surface area contributed by atoms with Gasteiger partial charge in [0.15, 0.2) is 6.73 Å². The molecule has 2 aromatic carbocycles. The van der Waals surface area contributed by atoms with Gasteiger partial charge in [-0.15, -0.1) is 0 Å². The van der Waals surface area contributed by atoms with E-state index in [2.05, 4.69) is 14.8 Å². The average Bonchev–Trinajstić information content (AvgIpc) is 3.22. The van der Waals surface area contributed by atoms with Crippen molar-refractivity contribution in [2.45, 2.75) is 25.3 Å². The van der Waals surface area contributed by atoms with Crippen molar-refractivity contribution in [3.8, 4) is 11.1 Å². The second-order valence-corrected chi connectivity index (χ2v) is 8.13. The minimum Gasteiger partial charge on any atom is -0.469 e. The van der Waals surface area contributed by atoms with Crippen LogP contribution in [-0.2, 0) is 38.1 Å². The predicted octanol–water partition coefficient (Wildman–Crippen LogP) is 1.98. The van der Waals surface area contributed by atoms with Crippen LogP contribution in [0.5, 0.6) is 0 Å². The lowest BCUT2D eigenvalue weighted by Crippen LogP contribution is -2.51. The number of carbonyl (C=O) groups is 5. The van der Waals surface area contributed by atoms with Crippen molar-refractivity contribution in [1.82, 2.24) is 10.2 Å². The van der Waals surface area contributed by atoms with E-state index in [1.54, 1.807) is 0 Å². The third-order valence-corrected chi connectivity index (χ3v) is 5.89. The average molecular weight is 513 g/mol. The largest absolute Gasteiger partial charge is 0.469 e. The quantitative estimate of drug-likeness (QED) is 0.288. The molecular formula is C26H28N2O9. The highest BCUT2D eigenvalue weighted by Crippen LogP contribution is 2.44. The van der Waals surface area contributed by atoms with E-state index in [4.69, 9.17) is 9.47 Å². The smallest absolute Gasteiger partial charge is 0.407 e. The second-order valence-electron chi connectivity index (χ2n) is 8.13. The number of hydrogen-bond acceptors (Lipinski definition) is 9. The number of rotatable bonds is 10. The number of ether oxygens (including phenoxy) is 4. The van der Waals surface area contributed by atoms with E-state index in [1.165, 1.54) is 0 Å². The first-order valence-corrected chi connectivity index (χ1v) is 11.4. The van der Waals surface area contributed by atoms with E-state index in [0.717, 1.165) is 48.3 Å². The van der Waals surface area contributed by atoms with E-state index in [9.17, 15) is 24.0 Å². The van der Waals surface area contributed by atoms with Gasteiger partial charge in [0, 0.05) is 12.8 Å². The number of fused-ring (bicyclic) bond motifs is 3. The molecule has 11 nitrogen and oxygen atoms in total. The molecule has 1 N–H and O–H groups in total. The number of nitrogens with one attached hydrogen (secondary N) is 1. The molecule has 0 radical (unpaired) electrons. The van der Waals surface area contributed by atoms with E-state index in [0.29, 0.717) is 0 Å². The Bertz CT molecular complexity index is 1130. The van der Waals surface area contributed by atoms with Crippen LogP contribution in [-0.4, -0.2) is 75.0 Å². The fraction of sp³-hybridized carbons (Fsp3) is 0.346. The Morgan fingerprint density at radius 2 is 1.49 bits per heavy atom. The first kappa shape index (κ1) is 27.2. The molecule has 0 heterocycles. The van der Waals surface area contributed by atoms with Crippen LogP contribution in [0.2, 0.25) is 0 Å². The number of hydrogen-bond donors (Lipinski definition) is 1. The van der Waals surface area contributed by atoms with Crippen molar-refractivity contribution in [2.75, 3.05) is 34.1 Å². The molecule has 0 spiro atoms. The van der Waals surface area contributed by atoms with Crippen LogP contribution < -0.4 is 5.32 Å². The highest BCUT2D eigenvalue weighted by Gasteiger charge is 2.34. The zero-order valence-corrected chi connectivity index (χ0v) is 20.7. The Morgan fingerprint density at radius 1 is 0.892 bits per heavy atom. The summed E-state index contributed by atoms with van der Waals surface area (Å²) in [4.78, 5) is 61.5. The van der Waals surface area contributed by atoms with Gasteiger partial charge in [0.25, 0.3) is 0 Å². The Hall–Kier alpha value is -4.41. The van der Waals surface area contributed by atoms with Gasteiger partial charge in [0.2, 0.25) is 5.91 Å². The lowest BCUT2D eigenvalue weighted by Gasteiger charge is -2.28. The molecule has 11 heteroatoms. The molecule has 0 fully saturated rings. The topological polar surface area (TPSA) is 138 Å². The van der Waals surface area contributed by atoms with Crippen LogP contribution >= 0.6 is 0 Å². The van der Waals surface area contributed by atoms with Gasteiger partial charge in [-0.2, -0.15) is 0 Å². The van der Waals surface area contributed by atoms with Crippen LogP contribution in [0, 0.1) is 0 Å². The summed E-state index contributed by atoms with van der Waals surface area (Å²) in [6.45, 7) is -0.0761. The standard InChI is InChI=1S/C26H28N2O9/c1-16(29)37-15-28(22(25(32)35-3)12-24(31)34-2)23(30)13-27-26(33)36-14-21-19-10-6-4-8-17(19)18-9-5-7-11-20(18)21/h4-11,21-22H,12-15H2,1-3H3,(H,27,33)/t22-/m0/s1. The van der Waals surface area contributed by atoms with Crippen molar-refractivity contribution in [3.05, 3.63) is 59.7 Å². The lowest BCUT2D eigenvalue weighted by atomic mass is 9.98. The minimum atomic E-state index is -1.44. The van der Waals surface area contributed by atoms with E-state index >= 15 is 0 Å². The third-order valence-electron chi connectivity index (χ3n) is 5.89. The summed E-state index contributed by atoms with van der Waals surface area (Å²) < 4.78 is 19.5. The highest BCUT2D eigenvalue weighted by molar-refractivity contribution is 5.90. The summed E-state index contributed by atoms with van der Waals surface area (Å²) in [5.74, 6) is -3.41. The fourth-order valence-electron chi connectivity index (χ4n) is 4.09. The number of carbonyl (C=O) groups excluding carboxylic acids is 5. The molecule has 1 aliphatic rings. The molecule has 0 bridgehead atoms. The molecular weight excluding hydrogens is 484 g/mol. The highest BCUT2D eigenvalue weighted by atomic mass is 16.6. The maximum absolute atomic E-state index is 12.9. The van der Waals surface area contributed by atoms with Crippen LogP contribution in [0.1, 0.15) is 30.4 Å². The van der Waals surface area contributed by atoms with Crippen molar-refractivity contribution >= 4 is 29.9 Å². The summed E-state index contributed by atoms with van der Waals surface area (Å²) in [5, 5.41) is 2.34. The molecule has 0 saturated carbocycles. The normalized spacial score (nSPS) is 12.4. The van der Waals surface area contributed by atoms with Crippen LogP contribution in [0.4, 0.5) is 4.79 Å². The molecule has 37 heavy (non-hydrogen) atoms. The zero-order valence-electron chi connectivity index (χ0n) is 20.7. The molecule has 0 unspecified atom stereocenters. The van der Waals surface area contributed by atoms with Gasteiger partial charge in [0.05, 0.1) is 20.6 Å². The SMILES string of the molecule is COC(=O)C[C@@H](C(=O)OC)N(COC(C)=O)C(=O)CNC(=O)OCC1c2ccccc2-c2ccccc21. The molecule has 2 aromatic rings. The molecule has 0 saturated heterocycles. The fourth-order valence-corrected chi connectivity index (χ4v) is 4.09. The molecule has 1 atom stereocenters. The van der Waals surface area contributed by atoms with Gasteiger partial charge in [-0.3, -0.25) is 19.3 Å². The van der Waals surface area contributed by atoms with Crippen molar-refractivity contribution < 1.29 is 42.9 Å². The number of methoxy groups -OCH3 is 2. The van der Waals surface area contributed by atoms with Gasteiger partial charge in [-0.25, -0.2) is 9.59 Å². The van der Waals surface area contributed by atoms with Crippen molar-refractivity contribution in [3.63, 3.8) is 0 Å². The van der Waals surface area contributed by atoms with Crippen LogP contribution in [0.3, 0.4) is 0 Å². The summed E-state index contributed by atoms with van der Waals surface area (Å²) in [5.41, 5.74) is 4.21. The first-order chi connectivity index (χ1) is 17.8. The number of esters is 3. The maximum Gasteiger partial charge on any atom is 0.407 e. The van der Waals surface area contributed by atoms with Crippen molar-refractivity contribution in [2.24, 2.45) is 0 Å². The Labute approximate surface area is 213 Å². The van der Waals surface area contributed by atoms with E-state index < -0.39 is 55.6 Å². The third kappa shape index (κ3) is 6.63. The zero-order chi connectivity index (χ0) is 26.9. The predicted molar refractivity (Wildman–Crippen MR) is 129 cm³/mol. The minimum absolute atomic E-state index is 0.0400. The van der Waals surface area contributed by atoms with Gasteiger partial charge in [-0.1, -0.05) is 48.5 Å². The Balaban J connectivity index is 1.64. The summed E-state index contributed by atoms with van der Waals surface area (Å²) >= 11 is 0. The maximum atomic E-state index is 12.9. The Morgan fingerprint density at radius 3 is 2.03 bits per heavy atom. The van der Waals surface area contributed by atoms with E-state index in [-0.39, 0.29) is 12.5 Å². The second kappa shape index (κ2) is 12.5. The van der Waals surface area contributed by atoms with Gasteiger partial charge < -0.3 is 24.3 Å². The molecule has 3 rings (SSSR count). The summed E-state index contributed by atoms with van der Waals surface area (Å²) in [7, 11) is 2.20. The molecule has 2 amide bonds. The summed E-state index contributed by atoms with van der Waals surface area (Å²) in [6.07, 6.45) is -1.40. The molecule has 196 valence electrons. The van der Waals surface area contributed by atoms with E-state index in [1.807, 2.05) is 48.5 Å².